The Kier molecular flexibility index (Phi) is 4.24. The van der Waals surface area contributed by atoms with Crippen molar-refractivity contribution in [3.05, 3.63) is 33.1 Å². The summed E-state index contributed by atoms with van der Waals surface area (Å²) in [5, 5.41) is 10.0. The molecule has 126 valence electrons. The number of nitrogen functional groups attached to an aromatic ring is 2. The van der Waals surface area contributed by atoms with Crippen LogP contribution in [0.3, 0.4) is 0 Å². The third-order valence-corrected chi connectivity index (χ3v) is 5.41. The van der Waals surface area contributed by atoms with E-state index in [0.717, 1.165) is 11.3 Å². The number of aromatic nitrogens is 1. The number of anilines is 2. The van der Waals surface area contributed by atoms with Crippen LogP contribution < -0.4 is 21.9 Å². The second-order valence-electron chi connectivity index (χ2n) is 5.10. The van der Waals surface area contributed by atoms with Crippen LogP contribution in [0.2, 0.25) is 0 Å². The maximum atomic E-state index is 11.6. The van der Waals surface area contributed by atoms with Crippen molar-refractivity contribution in [3.63, 3.8) is 0 Å². The average Bonchev–Trinajstić information content (AvgIpc) is 2.90. The molecule has 7 nitrogen and oxygen atoms in total. The van der Waals surface area contributed by atoms with Crippen molar-refractivity contribution >= 4 is 54.9 Å². The van der Waals surface area contributed by atoms with Crippen molar-refractivity contribution in [1.82, 2.24) is 4.98 Å². The molecule has 3 aromatic rings. The average molecular weight is 418 g/mol. The van der Waals surface area contributed by atoms with Crippen LogP contribution in [0, 0.1) is 11.3 Å². The van der Waals surface area contributed by atoms with Gasteiger partial charge in [0.2, 0.25) is 0 Å². The van der Waals surface area contributed by atoms with E-state index in [1.807, 2.05) is 0 Å². The van der Waals surface area contributed by atoms with Crippen molar-refractivity contribution in [2.75, 3.05) is 18.6 Å². The molecule has 2 aromatic heterocycles. The van der Waals surface area contributed by atoms with Crippen LogP contribution in [0.25, 0.3) is 21.3 Å². The number of methoxy groups -OCH3 is 1. The molecule has 0 aliphatic carbocycles. The van der Waals surface area contributed by atoms with Gasteiger partial charge >= 0.3 is 0 Å². The maximum Gasteiger partial charge on any atom is 0.260 e. The van der Waals surface area contributed by atoms with Crippen molar-refractivity contribution in [1.29, 1.82) is 5.26 Å². The monoisotopic (exact) mass is 417 g/mol. The van der Waals surface area contributed by atoms with Gasteiger partial charge in [0.25, 0.3) is 5.91 Å². The molecule has 0 saturated heterocycles. The van der Waals surface area contributed by atoms with Crippen LogP contribution in [-0.4, -0.2) is 18.0 Å². The van der Waals surface area contributed by atoms with E-state index < -0.39 is 5.91 Å². The second-order valence-corrected chi connectivity index (χ2v) is 6.95. The number of carbonyl (C=O) groups is 1. The maximum absolute atomic E-state index is 11.6. The van der Waals surface area contributed by atoms with Gasteiger partial charge in [0.1, 0.15) is 32.9 Å². The largest absolute Gasteiger partial charge is 0.496 e. The molecule has 0 atom stereocenters. The number of halogens is 1. The SMILES string of the molecule is COc1ccc(-c2c(C#N)c(N)nc3sc(C(N)=O)c(N)c23)cc1Br. The molecule has 3 rings (SSSR count). The van der Waals surface area contributed by atoms with Gasteiger partial charge in [0.15, 0.2) is 0 Å². The molecule has 2 heterocycles. The van der Waals surface area contributed by atoms with Crippen LogP contribution in [0.5, 0.6) is 5.75 Å². The normalized spacial score (nSPS) is 10.6. The van der Waals surface area contributed by atoms with E-state index in [-0.39, 0.29) is 21.9 Å². The first kappa shape index (κ1) is 17.0. The minimum atomic E-state index is -0.653. The molecular formula is C16H12BrN5O2S. The first-order chi connectivity index (χ1) is 11.9. The Labute approximate surface area is 155 Å². The number of benzene rings is 1. The number of hydrogen-bond donors (Lipinski definition) is 3. The molecule has 0 fully saturated rings. The lowest BCUT2D eigenvalue weighted by Gasteiger charge is -2.11. The highest BCUT2D eigenvalue weighted by Crippen LogP contribution is 2.43. The number of hydrogen-bond acceptors (Lipinski definition) is 7. The predicted octanol–water partition coefficient (Wildman–Crippen LogP) is 2.87. The number of ether oxygens (including phenoxy) is 1. The van der Waals surface area contributed by atoms with Crippen LogP contribution >= 0.6 is 27.3 Å². The van der Waals surface area contributed by atoms with Gasteiger partial charge in [-0.3, -0.25) is 4.79 Å². The van der Waals surface area contributed by atoms with E-state index in [0.29, 0.717) is 31.6 Å². The molecule has 0 unspecified atom stereocenters. The molecule has 0 radical (unpaired) electrons. The minimum absolute atomic E-state index is 0.0641. The third kappa shape index (κ3) is 2.65. The lowest BCUT2D eigenvalue weighted by Crippen LogP contribution is -2.10. The molecule has 0 spiro atoms. The highest BCUT2D eigenvalue weighted by Gasteiger charge is 2.23. The Morgan fingerprint density at radius 3 is 2.68 bits per heavy atom. The van der Waals surface area contributed by atoms with Crippen molar-refractivity contribution < 1.29 is 9.53 Å². The number of fused-ring (bicyclic) bond motifs is 1. The summed E-state index contributed by atoms with van der Waals surface area (Å²) in [6.45, 7) is 0. The number of carbonyl (C=O) groups excluding carboxylic acids is 1. The molecule has 9 heteroatoms. The van der Waals surface area contributed by atoms with Gasteiger partial charge in [-0.15, -0.1) is 11.3 Å². The Hall–Kier alpha value is -2.83. The standard InChI is InChI=1S/C16H12BrN5O2S/c1-24-9-3-2-6(4-8(9)17)10-7(5-18)14(20)22-16-11(10)12(19)13(25-16)15(21)23/h2-4H,19H2,1H3,(H2,20,22)(H2,21,23). The Morgan fingerprint density at radius 1 is 1.40 bits per heavy atom. The molecule has 1 amide bonds. The highest BCUT2D eigenvalue weighted by atomic mass is 79.9. The number of rotatable bonds is 3. The van der Waals surface area contributed by atoms with E-state index in [1.165, 1.54) is 0 Å². The fourth-order valence-corrected chi connectivity index (χ4v) is 4.08. The molecule has 6 N–H and O–H groups in total. The van der Waals surface area contributed by atoms with Crippen LogP contribution in [0.15, 0.2) is 22.7 Å². The van der Waals surface area contributed by atoms with Gasteiger partial charge < -0.3 is 21.9 Å². The molecule has 0 aliphatic heterocycles. The fraction of sp³-hybridized carbons (Fsp3) is 0.0625. The Balaban J connectivity index is 2.45. The Bertz CT molecular complexity index is 1070. The molecule has 0 saturated carbocycles. The van der Waals surface area contributed by atoms with Gasteiger partial charge in [0.05, 0.1) is 17.3 Å². The first-order valence-corrected chi connectivity index (χ1v) is 8.55. The summed E-state index contributed by atoms with van der Waals surface area (Å²) >= 11 is 4.47. The smallest absolute Gasteiger partial charge is 0.260 e. The van der Waals surface area contributed by atoms with Gasteiger partial charge in [-0.25, -0.2) is 4.98 Å². The second kappa shape index (κ2) is 6.23. The highest BCUT2D eigenvalue weighted by molar-refractivity contribution is 9.10. The van der Waals surface area contributed by atoms with Crippen LogP contribution in [-0.2, 0) is 0 Å². The zero-order valence-corrected chi connectivity index (χ0v) is 15.4. The van der Waals surface area contributed by atoms with E-state index in [4.69, 9.17) is 21.9 Å². The van der Waals surface area contributed by atoms with Crippen LogP contribution in [0.4, 0.5) is 11.5 Å². The summed E-state index contributed by atoms with van der Waals surface area (Å²) in [6, 6.07) is 7.38. The summed E-state index contributed by atoms with van der Waals surface area (Å²) in [6.07, 6.45) is 0. The first-order valence-electron chi connectivity index (χ1n) is 6.94. The van der Waals surface area contributed by atoms with E-state index >= 15 is 0 Å². The summed E-state index contributed by atoms with van der Waals surface area (Å²) < 4.78 is 5.93. The number of amides is 1. The van der Waals surface area contributed by atoms with Crippen LogP contribution in [0.1, 0.15) is 15.2 Å². The van der Waals surface area contributed by atoms with E-state index in [2.05, 4.69) is 27.0 Å². The lowest BCUT2D eigenvalue weighted by molar-refractivity contribution is 0.100. The van der Waals surface area contributed by atoms with Gasteiger partial charge in [-0.2, -0.15) is 5.26 Å². The topological polar surface area (TPSA) is 141 Å². The van der Waals surface area contributed by atoms with Gasteiger partial charge in [-0.05, 0) is 33.6 Å². The third-order valence-electron chi connectivity index (χ3n) is 3.68. The van der Waals surface area contributed by atoms with E-state index in [1.54, 1.807) is 25.3 Å². The molecule has 25 heavy (non-hydrogen) atoms. The lowest BCUT2D eigenvalue weighted by atomic mass is 9.97. The number of primary amides is 1. The molecule has 0 bridgehead atoms. The van der Waals surface area contributed by atoms with Crippen molar-refractivity contribution in [2.45, 2.75) is 0 Å². The number of thiophene rings is 1. The van der Waals surface area contributed by atoms with Crippen molar-refractivity contribution in [3.8, 4) is 22.9 Å². The molecular weight excluding hydrogens is 406 g/mol. The zero-order valence-electron chi connectivity index (χ0n) is 13.0. The summed E-state index contributed by atoms with van der Waals surface area (Å²) in [4.78, 5) is 16.5. The summed E-state index contributed by atoms with van der Waals surface area (Å²) in [5.41, 5.74) is 19.0. The molecule has 0 aliphatic rings. The van der Waals surface area contributed by atoms with Gasteiger partial charge in [0, 0.05) is 10.9 Å². The number of pyridine rings is 1. The summed E-state index contributed by atoms with van der Waals surface area (Å²) in [7, 11) is 1.55. The van der Waals surface area contributed by atoms with Crippen molar-refractivity contribution in [2.24, 2.45) is 5.73 Å². The zero-order chi connectivity index (χ0) is 18.3. The number of nitrogens with two attached hydrogens (primary N) is 3. The van der Waals surface area contributed by atoms with E-state index in [9.17, 15) is 10.1 Å². The fourth-order valence-electron chi connectivity index (χ4n) is 2.58. The predicted molar refractivity (Wildman–Crippen MR) is 101 cm³/mol. The number of nitrogens with zero attached hydrogens (tertiary/aromatic N) is 2. The Morgan fingerprint density at radius 2 is 2.12 bits per heavy atom. The quantitative estimate of drug-likeness (QED) is 0.597. The van der Waals surface area contributed by atoms with Gasteiger partial charge in [-0.1, -0.05) is 6.07 Å². The summed E-state index contributed by atoms with van der Waals surface area (Å²) in [5.74, 6) is 0.0466. The minimum Gasteiger partial charge on any atom is -0.496 e. The number of nitriles is 1. The molecule has 1 aromatic carbocycles.